The molecule has 0 aromatic rings. The summed E-state index contributed by atoms with van der Waals surface area (Å²) in [6, 6.07) is 0. The van der Waals surface area contributed by atoms with Gasteiger partial charge in [-0.2, -0.15) is 0 Å². The summed E-state index contributed by atoms with van der Waals surface area (Å²) in [6.45, 7) is 6.95. The van der Waals surface area contributed by atoms with Crippen molar-refractivity contribution in [3.05, 3.63) is 11.6 Å². The first-order valence-corrected chi connectivity index (χ1v) is 4.89. The van der Waals surface area contributed by atoms with E-state index < -0.39 is 0 Å². The molecule has 0 saturated carbocycles. The zero-order chi connectivity index (χ0) is 8.27. The van der Waals surface area contributed by atoms with E-state index in [1.807, 2.05) is 0 Å². The van der Waals surface area contributed by atoms with Gasteiger partial charge in [-0.15, -0.1) is 0 Å². The highest BCUT2D eigenvalue weighted by atomic mass is 14.2. The summed E-state index contributed by atoms with van der Waals surface area (Å²) in [7, 11) is 0. The minimum Gasteiger partial charge on any atom is -0.0853 e. The molecule has 11 heavy (non-hydrogen) atoms. The first-order valence-electron chi connectivity index (χ1n) is 4.89. The first-order chi connectivity index (χ1) is 5.24. The molecule has 0 heterocycles. The monoisotopic (exact) mass is 152 g/mol. The smallest absolute Gasteiger partial charge is 0.0317 e. The lowest BCUT2D eigenvalue weighted by Gasteiger charge is -2.25. The van der Waals surface area contributed by atoms with Gasteiger partial charge in [-0.3, -0.25) is 0 Å². The molecule has 2 atom stereocenters. The number of allylic oxidation sites excluding steroid dienone is 2. The predicted octanol–water partition coefficient (Wildman–Crippen LogP) is 3.78. The predicted molar refractivity (Wildman–Crippen MR) is 50.6 cm³/mol. The van der Waals surface area contributed by atoms with Crippen LogP contribution in [0.15, 0.2) is 11.6 Å². The molecule has 0 saturated heterocycles. The van der Waals surface area contributed by atoms with Crippen molar-refractivity contribution in [2.75, 3.05) is 0 Å². The molecular formula is C11H20. The van der Waals surface area contributed by atoms with Gasteiger partial charge in [0.25, 0.3) is 0 Å². The van der Waals surface area contributed by atoms with Crippen LogP contribution in [0, 0.1) is 11.8 Å². The van der Waals surface area contributed by atoms with Crippen molar-refractivity contribution in [1.29, 1.82) is 0 Å². The van der Waals surface area contributed by atoms with Crippen LogP contribution in [0.3, 0.4) is 0 Å². The van der Waals surface area contributed by atoms with E-state index in [-0.39, 0.29) is 0 Å². The number of hydrogen-bond donors (Lipinski definition) is 0. The van der Waals surface area contributed by atoms with E-state index in [1.54, 1.807) is 5.57 Å². The third-order valence-corrected chi connectivity index (χ3v) is 3.13. The zero-order valence-corrected chi connectivity index (χ0v) is 8.06. The highest BCUT2D eigenvalue weighted by Gasteiger charge is 2.17. The molecule has 0 aromatic carbocycles. The van der Waals surface area contributed by atoms with E-state index in [9.17, 15) is 0 Å². The van der Waals surface area contributed by atoms with Crippen LogP contribution in [0.25, 0.3) is 0 Å². The molecule has 1 aliphatic carbocycles. The lowest BCUT2D eigenvalue weighted by atomic mass is 9.81. The van der Waals surface area contributed by atoms with Gasteiger partial charge in [0.2, 0.25) is 0 Å². The SMILES string of the molecule is CCC(C)[C@H]1CC=C(C)CC1. The van der Waals surface area contributed by atoms with Crippen LogP contribution in [0.4, 0.5) is 0 Å². The molecule has 1 aliphatic rings. The van der Waals surface area contributed by atoms with Crippen LogP contribution in [-0.4, -0.2) is 0 Å². The molecule has 0 aromatic heterocycles. The molecule has 0 radical (unpaired) electrons. The van der Waals surface area contributed by atoms with Crippen molar-refractivity contribution in [2.45, 2.75) is 46.5 Å². The Labute approximate surface area is 70.7 Å². The summed E-state index contributed by atoms with van der Waals surface area (Å²) in [5.41, 5.74) is 1.60. The van der Waals surface area contributed by atoms with Gasteiger partial charge in [-0.05, 0) is 38.0 Å². The van der Waals surface area contributed by atoms with E-state index in [4.69, 9.17) is 0 Å². The van der Waals surface area contributed by atoms with Crippen LogP contribution in [0.2, 0.25) is 0 Å². The van der Waals surface area contributed by atoms with Crippen molar-refractivity contribution >= 4 is 0 Å². The molecule has 0 bridgehead atoms. The Morgan fingerprint density at radius 3 is 2.82 bits per heavy atom. The molecule has 0 heteroatoms. The topological polar surface area (TPSA) is 0 Å². The lowest BCUT2D eigenvalue weighted by Crippen LogP contribution is -2.13. The minimum absolute atomic E-state index is 0.930. The van der Waals surface area contributed by atoms with Gasteiger partial charge in [0.15, 0.2) is 0 Å². The molecule has 64 valence electrons. The van der Waals surface area contributed by atoms with Crippen LogP contribution < -0.4 is 0 Å². The van der Waals surface area contributed by atoms with Crippen molar-refractivity contribution in [3.63, 3.8) is 0 Å². The molecule has 1 rings (SSSR count). The molecule has 1 unspecified atom stereocenters. The summed E-state index contributed by atoms with van der Waals surface area (Å²) in [4.78, 5) is 0. The summed E-state index contributed by atoms with van der Waals surface area (Å²) in [5, 5.41) is 0. The Kier molecular flexibility index (Phi) is 3.16. The third-order valence-electron chi connectivity index (χ3n) is 3.13. The maximum atomic E-state index is 2.43. The zero-order valence-electron chi connectivity index (χ0n) is 8.06. The average Bonchev–Trinajstić information content (AvgIpc) is 2.05. The maximum Gasteiger partial charge on any atom is -0.0317 e. The molecule has 0 nitrogen and oxygen atoms in total. The Hall–Kier alpha value is -0.260. The number of hydrogen-bond acceptors (Lipinski definition) is 0. The van der Waals surface area contributed by atoms with Gasteiger partial charge in [0.1, 0.15) is 0 Å². The van der Waals surface area contributed by atoms with Gasteiger partial charge < -0.3 is 0 Å². The van der Waals surface area contributed by atoms with Gasteiger partial charge in [0, 0.05) is 0 Å². The minimum atomic E-state index is 0.930. The first kappa shape index (κ1) is 8.83. The lowest BCUT2D eigenvalue weighted by molar-refractivity contribution is 0.319. The normalized spacial score (nSPS) is 27.9. The maximum absolute atomic E-state index is 2.43. The Balaban J connectivity index is 2.40. The Morgan fingerprint density at radius 1 is 1.64 bits per heavy atom. The highest BCUT2D eigenvalue weighted by Crippen LogP contribution is 2.30. The Bertz CT molecular complexity index is 144. The average molecular weight is 152 g/mol. The fourth-order valence-corrected chi connectivity index (χ4v) is 1.84. The van der Waals surface area contributed by atoms with Gasteiger partial charge in [0.05, 0.1) is 0 Å². The van der Waals surface area contributed by atoms with E-state index >= 15 is 0 Å². The summed E-state index contributed by atoms with van der Waals surface area (Å²) in [6.07, 6.45) is 7.88. The highest BCUT2D eigenvalue weighted by molar-refractivity contribution is 5.03. The molecule has 0 spiro atoms. The Morgan fingerprint density at radius 2 is 2.36 bits per heavy atom. The summed E-state index contributed by atoms with van der Waals surface area (Å²) in [5.74, 6) is 1.91. The molecule has 0 amide bonds. The van der Waals surface area contributed by atoms with Gasteiger partial charge >= 0.3 is 0 Å². The van der Waals surface area contributed by atoms with E-state index in [0.29, 0.717) is 0 Å². The fourth-order valence-electron chi connectivity index (χ4n) is 1.84. The molecule has 0 aliphatic heterocycles. The van der Waals surface area contributed by atoms with Crippen molar-refractivity contribution in [2.24, 2.45) is 11.8 Å². The summed E-state index contributed by atoms with van der Waals surface area (Å²) >= 11 is 0. The van der Waals surface area contributed by atoms with E-state index in [2.05, 4.69) is 26.8 Å². The van der Waals surface area contributed by atoms with Crippen LogP contribution in [0.5, 0.6) is 0 Å². The molecule has 0 fully saturated rings. The van der Waals surface area contributed by atoms with E-state index in [1.165, 1.54) is 25.7 Å². The second-order valence-corrected chi connectivity index (χ2v) is 3.97. The van der Waals surface area contributed by atoms with Crippen molar-refractivity contribution in [1.82, 2.24) is 0 Å². The van der Waals surface area contributed by atoms with Gasteiger partial charge in [-0.1, -0.05) is 31.9 Å². The molecular weight excluding hydrogens is 132 g/mol. The standard InChI is InChI=1S/C11H20/c1-4-10(3)11-7-5-9(2)6-8-11/h5,10-11H,4,6-8H2,1-3H3/t10?,11-/m0/s1. The fraction of sp³-hybridized carbons (Fsp3) is 0.818. The van der Waals surface area contributed by atoms with Gasteiger partial charge in [-0.25, -0.2) is 0 Å². The second kappa shape index (κ2) is 3.94. The van der Waals surface area contributed by atoms with E-state index in [0.717, 1.165) is 11.8 Å². The molecule has 0 N–H and O–H groups in total. The summed E-state index contributed by atoms with van der Waals surface area (Å²) < 4.78 is 0. The van der Waals surface area contributed by atoms with Crippen LogP contribution in [0.1, 0.15) is 46.5 Å². The van der Waals surface area contributed by atoms with Crippen molar-refractivity contribution < 1.29 is 0 Å². The quantitative estimate of drug-likeness (QED) is 0.528. The van der Waals surface area contributed by atoms with Crippen LogP contribution in [-0.2, 0) is 0 Å². The largest absolute Gasteiger partial charge is 0.0853 e. The second-order valence-electron chi connectivity index (χ2n) is 3.97. The van der Waals surface area contributed by atoms with Crippen molar-refractivity contribution in [3.8, 4) is 0 Å². The van der Waals surface area contributed by atoms with Crippen LogP contribution >= 0.6 is 0 Å². The number of rotatable bonds is 2. The third kappa shape index (κ3) is 2.36.